The van der Waals surface area contributed by atoms with E-state index < -0.39 is 0 Å². The van der Waals surface area contributed by atoms with Crippen molar-refractivity contribution in [2.45, 2.75) is 52.6 Å². The molecule has 3 heteroatoms. The van der Waals surface area contributed by atoms with Crippen LogP contribution in [0.3, 0.4) is 0 Å². The van der Waals surface area contributed by atoms with Crippen molar-refractivity contribution in [2.24, 2.45) is 11.8 Å². The van der Waals surface area contributed by atoms with E-state index in [0.29, 0.717) is 6.04 Å². The van der Waals surface area contributed by atoms with Crippen LogP contribution in [0.5, 0.6) is 0 Å². The molecule has 90 valence electrons. The summed E-state index contributed by atoms with van der Waals surface area (Å²) >= 11 is 0. The first-order valence-corrected chi connectivity index (χ1v) is 6.40. The van der Waals surface area contributed by atoms with E-state index in [9.17, 15) is 0 Å². The zero-order valence-corrected chi connectivity index (χ0v) is 10.6. The molecule has 16 heavy (non-hydrogen) atoms. The highest BCUT2D eigenvalue weighted by atomic mass is 15.1. The van der Waals surface area contributed by atoms with Crippen molar-refractivity contribution < 1.29 is 0 Å². The van der Waals surface area contributed by atoms with Gasteiger partial charge in [-0.25, -0.2) is 0 Å². The molecular formula is C13H23N3. The molecule has 1 fully saturated rings. The Hall–Kier alpha value is -0.830. The number of H-pyrrole nitrogens is 1. The Balaban J connectivity index is 1.88. The summed E-state index contributed by atoms with van der Waals surface area (Å²) in [7, 11) is 0. The van der Waals surface area contributed by atoms with Gasteiger partial charge in [-0.05, 0) is 25.2 Å². The van der Waals surface area contributed by atoms with Gasteiger partial charge in [-0.15, -0.1) is 0 Å². The summed E-state index contributed by atoms with van der Waals surface area (Å²) in [5.74, 6) is 1.65. The van der Waals surface area contributed by atoms with Crippen LogP contribution < -0.4 is 5.32 Å². The summed E-state index contributed by atoms with van der Waals surface area (Å²) in [6.07, 6.45) is 6.01. The average Bonchev–Trinajstić information content (AvgIpc) is 2.67. The van der Waals surface area contributed by atoms with E-state index in [-0.39, 0.29) is 0 Å². The molecule has 0 radical (unpaired) electrons. The molecule has 0 bridgehead atoms. The molecule has 3 nitrogen and oxygen atoms in total. The third-order valence-electron chi connectivity index (χ3n) is 4.20. The standard InChI is InChI=1S/C13H23N3/c1-9-5-4-6-13(10(9)2)14-7-12-8-15-16-11(12)3/h8-10,13-14H,4-7H2,1-3H3,(H,15,16)/t9-,10-,13-/m1/s1. The average molecular weight is 221 g/mol. The van der Waals surface area contributed by atoms with Gasteiger partial charge in [0.25, 0.3) is 0 Å². The lowest BCUT2D eigenvalue weighted by Crippen LogP contribution is -2.40. The fourth-order valence-corrected chi connectivity index (χ4v) is 2.66. The lowest BCUT2D eigenvalue weighted by molar-refractivity contribution is 0.206. The predicted molar refractivity (Wildman–Crippen MR) is 66.1 cm³/mol. The summed E-state index contributed by atoms with van der Waals surface area (Å²) in [4.78, 5) is 0. The highest BCUT2D eigenvalue weighted by Gasteiger charge is 2.26. The van der Waals surface area contributed by atoms with Crippen LogP contribution in [0.4, 0.5) is 0 Å². The van der Waals surface area contributed by atoms with Gasteiger partial charge in [-0.3, -0.25) is 5.10 Å². The number of hydrogen-bond acceptors (Lipinski definition) is 2. The van der Waals surface area contributed by atoms with Gasteiger partial charge < -0.3 is 5.32 Å². The molecule has 0 aliphatic heterocycles. The van der Waals surface area contributed by atoms with Crippen molar-refractivity contribution in [3.8, 4) is 0 Å². The van der Waals surface area contributed by atoms with Gasteiger partial charge >= 0.3 is 0 Å². The summed E-state index contributed by atoms with van der Waals surface area (Å²) in [6.45, 7) is 7.78. The van der Waals surface area contributed by atoms with Crippen LogP contribution in [0.25, 0.3) is 0 Å². The first-order valence-electron chi connectivity index (χ1n) is 6.40. The molecule has 1 heterocycles. The van der Waals surface area contributed by atoms with Crippen LogP contribution in [-0.4, -0.2) is 16.2 Å². The number of nitrogens with zero attached hydrogens (tertiary/aromatic N) is 1. The van der Waals surface area contributed by atoms with Gasteiger partial charge in [-0.1, -0.05) is 26.7 Å². The molecule has 0 spiro atoms. The van der Waals surface area contributed by atoms with E-state index in [1.54, 1.807) is 0 Å². The second kappa shape index (κ2) is 5.00. The quantitative estimate of drug-likeness (QED) is 0.823. The van der Waals surface area contributed by atoms with Gasteiger partial charge in [0, 0.05) is 23.8 Å². The van der Waals surface area contributed by atoms with Gasteiger partial charge in [0.2, 0.25) is 0 Å². The first-order chi connectivity index (χ1) is 7.68. The van der Waals surface area contributed by atoms with E-state index in [1.165, 1.54) is 30.5 Å². The molecule has 1 aromatic heterocycles. The summed E-state index contributed by atoms with van der Waals surface area (Å²) in [5, 5.41) is 10.7. The number of nitrogens with one attached hydrogen (secondary N) is 2. The molecule has 1 aliphatic carbocycles. The molecule has 0 unspecified atom stereocenters. The minimum atomic E-state index is 0.679. The van der Waals surface area contributed by atoms with Crippen LogP contribution in [0.2, 0.25) is 0 Å². The van der Waals surface area contributed by atoms with Crippen molar-refractivity contribution in [3.63, 3.8) is 0 Å². The molecule has 2 N–H and O–H groups in total. The van der Waals surface area contributed by atoms with E-state index in [1.807, 2.05) is 6.20 Å². The molecule has 2 rings (SSSR count). The maximum absolute atomic E-state index is 4.05. The molecule has 1 saturated carbocycles. The number of aromatic amines is 1. The van der Waals surface area contributed by atoms with Crippen molar-refractivity contribution in [2.75, 3.05) is 0 Å². The Kier molecular flexibility index (Phi) is 3.64. The predicted octanol–water partition coefficient (Wildman–Crippen LogP) is 2.63. The number of aromatic nitrogens is 2. The van der Waals surface area contributed by atoms with Crippen LogP contribution in [0, 0.1) is 18.8 Å². The molecule has 1 aromatic rings. The Morgan fingerprint density at radius 1 is 1.44 bits per heavy atom. The van der Waals surface area contributed by atoms with Crippen LogP contribution in [-0.2, 0) is 6.54 Å². The maximum atomic E-state index is 4.05. The smallest absolute Gasteiger partial charge is 0.0535 e. The topological polar surface area (TPSA) is 40.7 Å². The first kappa shape index (κ1) is 11.6. The summed E-state index contributed by atoms with van der Waals surface area (Å²) in [6, 6.07) is 0.679. The number of rotatable bonds is 3. The van der Waals surface area contributed by atoms with Crippen molar-refractivity contribution in [1.82, 2.24) is 15.5 Å². The third kappa shape index (κ3) is 2.46. The molecular weight excluding hydrogens is 198 g/mol. The highest BCUT2D eigenvalue weighted by Crippen LogP contribution is 2.29. The van der Waals surface area contributed by atoms with E-state index in [0.717, 1.165) is 18.4 Å². The molecule has 0 amide bonds. The van der Waals surface area contributed by atoms with E-state index >= 15 is 0 Å². The van der Waals surface area contributed by atoms with Gasteiger partial charge in [-0.2, -0.15) is 5.10 Å². The maximum Gasteiger partial charge on any atom is 0.0535 e. The van der Waals surface area contributed by atoms with Gasteiger partial charge in [0.1, 0.15) is 0 Å². The normalized spacial score (nSPS) is 30.6. The minimum Gasteiger partial charge on any atom is -0.310 e. The zero-order valence-electron chi connectivity index (χ0n) is 10.6. The fourth-order valence-electron chi connectivity index (χ4n) is 2.66. The largest absolute Gasteiger partial charge is 0.310 e. The molecule has 0 aromatic carbocycles. The molecule has 0 saturated heterocycles. The van der Waals surface area contributed by atoms with Crippen molar-refractivity contribution in [1.29, 1.82) is 0 Å². The Labute approximate surface area is 98.0 Å². The van der Waals surface area contributed by atoms with Crippen molar-refractivity contribution in [3.05, 3.63) is 17.5 Å². The van der Waals surface area contributed by atoms with Crippen molar-refractivity contribution >= 4 is 0 Å². The van der Waals surface area contributed by atoms with Crippen LogP contribution in [0.15, 0.2) is 6.20 Å². The Bertz CT molecular complexity index is 332. The second-order valence-electron chi connectivity index (χ2n) is 5.27. The van der Waals surface area contributed by atoms with Crippen LogP contribution >= 0.6 is 0 Å². The lowest BCUT2D eigenvalue weighted by atomic mass is 9.78. The molecule has 1 aliphatic rings. The second-order valence-corrected chi connectivity index (χ2v) is 5.27. The SMILES string of the molecule is Cc1[nH]ncc1CN[C@@H]1CCC[C@@H](C)[C@H]1C. The number of aryl methyl sites for hydroxylation is 1. The fraction of sp³-hybridized carbons (Fsp3) is 0.769. The monoisotopic (exact) mass is 221 g/mol. The Morgan fingerprint density at radius 2 is 2.25 bits per heavy atom. The van der Waals surface area contributed by atoms with Gasteiger partial charge in [0.15, 0.2) is 0 Å². The summed E-state index contributed by atoms with van der Waals surface area (Å²) < 4.78 is 0. The Morgan fingerprint density at radius 3 is 2.94 bits per heavy atom. The van der Waals surface area contributed by atoms with Gasteiger partial charge in [0.05, 0.1) is 6.20 Å². The third-order valence-corrected chi connectivity index (χ3v) is 4.20. The highest BCUT2D eigenvalue weighted by molar-refractivity contribution is 5.14. The zero-order chi connectivity index (χ0) is 11.5. The van der Waals surface area contributed by atoms with E-state index in [4.69, 9.17) is 0 Å². The minimum absolute atomic E-state index is 0.679. The summed E-state index contributed by atoms with van der Waals surface area (Å²) in [5.41, 5.74) is 2.48. The lowest BCUT2D eigenvalue weighted by Gasteiger charge is -2.34. The number of hydrogen-bond donors (Lipinski definition) is 2. The molecule has 3 atom stereocenters. The van der Waals surface area contributed by atoms with E-state index in [2.05, 4.69) is 36.3 Å². The van der Waals surface area contributed by atoms with Crippen LogP contribution in [0.1, 0.15) is 44.4 Å².